The maximum Gasteiger partial charge on any atom is 0.308 e. The summed E-state index contributed by atoms with van der Waals surface area (Å²) in [6.45, 7) is 8.32. The Kier molecular flexibility index (Phi) is 5.24. The second-order valence-corrected chi connectivity index (χ2v) is 6.22. The fourth-order valence-electron chi connectivity index (χ4n) is 3.18. The Morgan fingerprint density at radius 3 is 2.67 bits per heavy atom. The van der Waals surface area contributed by atoms with Crippen LogP contribution in [0.15, 0.2) is 0 Å². The third kappa shape index (κ3) is 3.74. The summed E-state index contributed by atoms with van der Waals surface area (Å²) in [5.41, 5.74) is 0. The molecule has 2 aliphatic rings. The highest BCUT2D eigenvalue weighted by atomic mass is 16.7. The number of hydrogen-bond acceptors (Lipinski definition) is 6. The van der Waals surface area contributed by atoms with Crippen molar-refractivity contribution in [1.82, 2.24) is 0 Å². The number of aliphatic hydroxyl groups is 1. The van der Waals surface area contributed by atoms with Crippen molar-refractivity contribution in [1.29, 1.82) is 0 Å². The molecule has 2 rings (SSSR count). The number of rotatable bonds is 5. The van der Waals surface area contributed by atoms with Crippen molar-refractivity contribution in [3.05, 3.63) is 0 Å². The minimum atomic E-state index is -0.609. The molecule has 5 atom stereocenters. The summed E-state index contributed by atoms with van der Waals surface area (Å²) in [5, 5.41) is 9.61. The van der Waals surface area contributed by atoms with Gasteiger partial charge in [0.1, 0.15) is 6.10 Å². The Morgan fingerprint density at radius 2 is 2.14 bits per heavy atom. The average molecular weight is 302 g/mol. The third-order valence-corrected chi connectivity index (χ3v) is 4.28. The number of ether oxygens (including phenoxy) is 4. The number of aliphatic hydroxyl groups excluding tert-OH is 1. The van der Waals surface area contributed by atoms with Crippen LogP contribution in [0, 0.1) is 11.8 Å². The Morgan fingerprint density at radius 1 is 1.43 bits per heavy atom. The van der Waals surface area contributed by atoms with E-state index in [1.165, 1.54) is 0 Å². The van der Waals surface area contributed by atoms with Gasteiger partial charge in [0, 0.05) is 12.5 Å². The van der Waals surface area contributed by atoms with Gasteiger partial charge in [0.15, 0.2) is 5.79 Å². The van der Waals surface area contributed by atoms with Crippen molar-refractivity contribution in [2.75, 3.05) is 19.8 Å². The quantitative estimate of drug-likeness (QED) is 0.767. The van der Waals surface area contributed by atoms with Gasteiger partial charge in [-0.2, -0.15) is 0 Å². The van der Waals surface area contributed by atoms with Crippen LogP contribution in [-0.2, 0) is 23.7 Å². The van der Waals surface area contributed by atoms with Crippen molar-refractivity contribution in [3.63, 3.8) is 0 Å². The number of carbonyl (C=O) groups is 1. The molecule has 6 heteroatoms. The molecule has 21 heavy (non-hydrogen) atoms. The molecule has 0 amide bonds. The van der Waals surface area contributed by atoms with Gasteiger partial charge in [-0.3, -0.25) is 4.79 Å². The van der Waals surface area contributed by atoms with Gasteiger partial charge in [-0.1, -0.05) is 6.92 Å². The SMILES string of the molecule is CCOC(=O)CC1OC(C2COC(C)(C)O2)C(C)C1CO. The largest absolute Gasteiger partial charge is 0.466 e. The van der Waals surface area contributed by atoms with E-state index in [4.69, 9.17) is 18.9 Å². The second kappa shape index (κ2) is 6.60. The van der Waals surface area contributed by atoms with Gasteiger partial charge >= 0.3 is 5.97 Å². The standard InChI is InChI=1S/C15H26O6/c1-5-18-13(17)6-11-10(7-16)9(2)14(20-11)12-8-19-15(3,4)21-12/h9-12,14,16H,5-8H2,1-4H3. The van der Waals surface area contributed by atoms with E-state index in [0.29, 0.717) is 13.2 Å². The van der Waals surface area contributed by atoms with Gasteiger partial charge in [-0.25, -0.2) is 0 Å². The maximum absolute atomic E-state index is 11.7. The summed E-state index contributed by atoms with van der Waals surface area (Å²) in [7, 11) is 0. The molecule has 2 fully saturated rings. The highest BCUT2D eigenvalue weighted by Gasteiger charge is 2.49. The van der Waals surface area contributed by atoms with Gasteiger partial charge in [0.2, 0.25) is 0 Å². The first-order chi connectivity index (χ1) is 9.88. The van der Waals surface area contributed by atoms with E-state index in [9.17, 15) is 9.90 Å². The van der Waals surface area contributed by atoms with Crippen molar-refractivity contribution in [2.24, 2.45) is 11.8 Å². The van der Waals surface area contributed by atoms with Crippen LogP contribution >= 0.6 is 0 Å². The molecule has 0 aliphatic carbocycles. The van der Waals surface area contributed by atoms with Crippen LogP contribution < -0.4 is 0 Å². The highest BCUT2D eigenvalue weighted by molar-refractivity contribution is 5.70. The van der Waals surface area contributed by atoms with Gasteiger partial charge in [-0.15, -0.1) is 0 Å². The van der Waals surface area contributed by atoms with Crippen LogP contribution in [0.1, 0.15) is 34.1 Å². The van der Waals surface area contributed by atoms with E-state index in [1.54, 1.807) is 6.92 Å². The topological polar surface area (TPSA) is 74.2 Å². The summed E-state index contributed by atoms with van der Waals surface area (Å²) in [6.07, 6.45) is -0.516. The number of hydrogen-bond donors (Lipinski definition) is 1. The van der Waals surface area contributed by atoms with E-state index < -0.39 is 5.79 Å². The summed E-state index contributed by atoms with van der Waals surface area (Å²) in [4.78, 5) is 11.7. The summed E-state index contributed by atoms with van der Waals surface area (Å²) >= 11 is 0. The fraction of sp³-hybridized carbons (Fsp3) is 0.933. The fourth-order valence-corrected chi connectivity index (χ4v) is 3.18. The number of esters is 1. The molecule has 0 aromatic carbocycles. The van der Waals surface area contributed by atoms with Crippen LogP contribution in [0.25, 0.3) is 0 Å². The van der Waals surface area contributed by atoms with E-state index in [-0.39, 0.29) is 49.1 Å². The molecule has 0 aromatic rings. The van der Waals surface area contributed by atoms with E-state index in [0.717, 1.165) is 0 Å². The molecule has 2 saturated heterocycles. The van der Waals surface area contributed by atoms with Crippen LogP contribution in [0.4, 0.5) is 0 Å². The van der Waals surface area contributed by atoms with Gasteiger partial charge in [0.25, 0.3) is 0 Å². The zero-order chi connectivity index (χ0) is 15.6. The zero-order valence-electron chi connectivity index (χ0n) is 13.2. The van der Waals surface area contributed by atoms with E-state index >= 15 is 0 Å². The Bertz CT molecular complexity index is 369. The molecule has 0 saturated carbocycles. The van der Waals surface area contributed by atoms with E-state index in [1.807, 2.05) is 20.8 Å². The van der Waals surface area contributed by atoms with Gasteiger partial charge < -0.3 is 24.1 Å². The molecule has 0 radical (unpaired) electrons. The molecule has 122 valence electrons. The van der Waals surface area contributed by atoms with Gasteiger partial charge in [-0.05, 0) is 26.7 Å². The molecular weight excluding hydrogens is 276 g/mol. The van der Waals surface area contributed by atoms with Crippen LogP contribution in [0.5, 0.6) is 0 Å². The Balaban J connectivity index is 2.00. The molecule has 2 aliphatic heterocycles. The summed E-state index contributed by atoms with van der Waals surface area (Å²) in [5.74, 6) is -0.900. The minimum Gasteiger partial charge on any atom is -0.466 e. The lowest BCUT2D eigenvalue weighted by Gasteiger charge is -2.23. The molecule has 0 bridgehead atoms. The van der Waals surface area contributed by atoms with Crippen molar-refractivity contribution >= 4 is 5.97 Å². The third-order valence-electron chi connectivity index (χ3n) is 4.28. The molecule has 6 nitrogen and oxygen atoms in total. The Hall–Kier alpha value is -0.690. The molecule has 1 N–H and O–H groups in total. The number of carbonyl (C=O) groups excluding carboxylic acids is 1. The lowest BCUT2D eigenvalue weighted by atomic mass is 9.86. The Labute approximate surface area is 125 Å². The minimum absolute atomic E-state index is 0.0152. The molecule has 5 unspecified atom stereocenters. The first-order valence-electron chi connectivity index (χ1n) is 7.61. The normalized spacial score (nSPS) is 38.6. The molecule has 2 heterocycles. The monoisotopic (exact) mass is 302 g/mol. The van der Waals surface area contributed by atoms with Crippen LogP contribution in [0.3, 0.4) is 0 Å². The maximum atomic E-state index is 11.7. The zero-order valence-corrected chi connectivity index (χ0v) is 13.2. The van der Waals surface area contributed by atoms with Crippen molar-refractivity contribution < 1.29 is 28.8 Å². The van der Waals surface area contributed by atoms with Crippen molar-refractivity contribution in [2.45, 2.75) is 58.2 Å². The highest BCUT2D eigenvalue weighted by Crippen LogP contribution is 2.39. The first-order valence-corrected chi connectivity index (χ1v) is 7.61. The second-order valence-electron chi connectivity index (χ2n) is 6.22. The smallest absolute Gasteiger partial charge is 0.308 e. The first kappa shape index (κ1) is 16.7. The van der Waals surface area contributed by atoms with Crippen molar-refractivity contribution in [3.8, 4) is 0 Å². The van der Waals surface area contributed by atoms with E-state index in [2.05, 4.69) is 0 Å². The summed E-state index contributed by atoms with van der Waals surface area (Å²) in [6, 6.07) is 0. The predicted molar refractivity (Wildman–Crippen MR) is 74.6 cm³/mol. The molecular formula is C15H26O6. The van der Waals surface area contributed by atoms with Crippen LogP contribution in [0.2, 0.25) is 0 Å². The molecule has 0 spiro atoms. The summed E-state index contributed by atoms with van der Waals surface area (Å²) < 4.78 is 22.4. The molecule has 0 aromatic heterocycles. The lowest BCUT2D eigenvalue weighted by Crippen LogP contribution is -2.35. The predicted octanol–water partition coefficient (Wildman–Crippen LogP) is 1.10. The van der Waals surface area contributed by atoms with Crippen LogP contribution in [-0.4, -0.2) is 55.0 Å². The lowest BCUT2D eigenvalue weighted by molar-refractivity contribution is -0.161. The average Bonchev–Trinajstić information content (AvgIpc) is 2.90. The van der Waals surface area contributed by atoms with Gasteiger partial charge in [0.05, 0.1) is 31.8 Å².